The molecule has 0 aliphatic heterocycles. The van der Waals surface area contributed by atoms with Gasteiger partial charge in [-0.25, -0.2) is 4.79 Å². The van der Waals surface area contributed by atoms with Crippen molar-refractivity contribution in [1.82, 2.24) is 5.32 Å². The molecule has 0 bridgehead atoms. The Hall–Kier alpha value is -0.770. The summed E-state index contributed by atoms with van der Waals surface area (Å²) in [6, 6.07) is -0.257. The zero-order valence-electron chi connectivity index (χ0n) is 5.84. The molecular weight excluding hydrogens is 130 g/mol. The molecule has 10 heavy (non-hydrogen) atoms. The third-order valence-corrected chi connectivity index (χ3v) is 1.90. The molecule has 2 atom stereocenters. The van der Waals surface area contributed by atoms with Crippen molar-refractivity contribution in [2.75, 3.05) is 0 Å². The fourth-order valence-corrected chi connectivity index (χ4v) is 1.35. The minimum absolute atomic E-state index is 0.104. The first kappa shape index (κ1) is 7.34. The lowest BCUT2D eigenvalue weighted by Crippen LogP contribution is -2.46. The Bertz CT molecular complexity index is 137. The molecule has 0 aromatic heterocycles. The Labute approximate surface area is 59.9 Å². The molecule has 2 unspecified atom stereocenters. The van der Waals surface area contributed by atoms with Gasteiger partial charge in [0.1, 0.15) is 0 Å². The lowest BCUT2D eigenvalue weighted by molar-refractivity contribution is 0.244. The molecule has 1 aliphatic carbocycles. The number of nitrogens with two attached hydrogens (primary N) is 2. The third kappa shape index (κ3) is 1.60. The van der Waals surface area contributed by atoms with Crippen LogP contribution in [0.2, 0.25) is 0 Å². The zero-order chi connectivity index (χ0) is 7.56. The van der Waals surface area contributed by atoms with Crippen molar-refractivity contribution in [2.45, 2.75) is 31.3 Å². The fraction of sp³-hybridized carbons (Fsp3) is 0.833. The number of nitrogens with one attached hydrogen (secondary N) is 1. The van der Waals surface area contributed by atoms with E-state index in [1.54, 1.807) is 0 Å². The molecule has 0 heterocycles. The van der Waals surface area contributed by atoms with Gasteiger partial charge in [-0.1, -0.05) is 0 Å². The monoisotopic (exact) mass is 143 g/mol. The molecule has 2 amide bonds. The number of urea groups is 1. The predicted molar refractivity (Wildman–Crippen MR) is 38.3 cm³/mol. The normalized spacial score (nSPS) is 32.1. The van der Waals surface area contributed by atoms with Gasteiger partial charge >= 0.3 is 6.03 Å². The number of rotatable bonds is 1. The molecule has 0 radical (unpaired) electrons. The molecule has 58 valence electrons. The van der Waals surface area contributed by atoms with Gasteiger partial charge in [0.2, 0.25) is 0 Å². The van der Waals surface area contributed by atoms with E-state index in [9.17, 15) is 4.79 Å². The van der Waals surface area contributed by atoms with Gasteiger partial charge in [0.05, 0.1) is 0 Å². The molecule has 1 aliphatic rings. The van der Waals surface area contributed by atoms with Gasteiger partial charge in [0.15, 0.2) is 0 Å². The van der Waals surface area contributed by atoms with Gasteiger partial charge in [-0.05, 0) is 19.3 Å². The summed E-state index contributed by atoms with van der Waals surface area (Å²) in [6.07, 6.45) is 3.04. The van der Waals surface area contributed by atoms with Crippen LogP contribution < -0.4 is 16.8 Å². The Kier molecular flexibility index (Phi) is 2.11. The molecule has 4 heteroatoms. The summed E-state index contributed by atoms with van der Waals surface area (Å²) in [5.74, 6) is 0. The summed E-state index contributed by atoms with van der Waals surface area (Å²) in [6.45, 7) is 0. The highest BCUT2D eigenvalue weighted by molar-refractivity contribution is 5.72. The van der Waals surface area contributed by atoms with Crippen LogP contribution in [0.1, 0.15) is 19.3 Å². The lowest BCUT2D eigenvalue weighted by Gasteiger charge is -2.14. The molecule has 1 rings (SSSR count). The molecule has 0 spiro atoms. The summed E-state index contributed by atoms with van der Waals surface area (Å²) in [7, 11) is 0. The summed E-state index contributed by atoms with van der Waals surface area (Å²) >= 11 is 0. The third-order valence-electron chi connectivity index (χ3n) is 1.90. The van der Waals surface area contributed by atoms with Crippen LogP contribution in [-0.4, -0.2) is 18.1 Å². The van der Waals surface area contributed by atoms with Gasteiger partial charge in [0, 0.05) is 12.1 Å². The number of primary amides is 1. The van der Waals surface area contributed by atoms with E-state index in [-0.39, 0.29) is 12.1 Å². The Balaban J connectivity index is 2.33. The molecule has 1 fully saturated rings. The molecule has 5 N–H and O–H groups in total. The standard InChI is InChI=1S/C6H13N3O/c7-4-2-1-3-5(4)9-6(8)10/h4-5H,1-3,7H2,(H3,8,9,10). The number of hydrogen-bond donors (Lipinski definition) is 3. The Morgan fingerprint density at radius 2 is 2.20 bits per heavy atom. The summed E-state index contributed by atoms with van der Waals surface area (Å²) in [4.78, 5) is 10.4. The van der Waals surface area contributed by atoms with Crippen molar-refractivity contribution in [3.05, 3.63) is 0 Å². The molecular formula is C6H13N3O. The van der Waals surface area contributed by atoms with Crippen LogP contribution in [0.4, 0.5) is 4.79 Å². The first-order valence-electron chi connectivity index (χ1n) is 3.51. The zero-order valence-corrected chi connectivity index (χ0v) is 5.84. The highest BCUT2D eigenvalue weighted by Gasteiger charge is 2.24. The largest absolute Gasteiger partial charge is 0.352 e. The molecule has 0 aromatic carbocycles. The van der Waals surface area contributed by atoms with Crippen molar-refractivity contribution >= 4 is 6.03 Å². The first-order chi connectivity index (χ1) is 4.70. The second-order valence-corrected chi connectivity index (χ2v) is 2.71. The van der Waals surface area contributed by atoms with E-state index in [2.05, 4.69) is 5.32 Å². The van der Waals surface area contributed by atoms with Crippen LogP contribution in [0.3, 0.4) is 0 Å². The lowest BCUT2D eigenvalue weighted by atomic mass is 10.2. The van der Waals surface area contributed by atoms with E-state index in [4.69, 9.17) is 11.5 Å². The molecule has 0 saturated heterocycles. The van der Waals surface area contributed by atoms with E-state index in [1.807, 2.05) is 0 Å². The summed E-state index contributed by atoms with van der Waals surface area (Å²) in [5.41, 5.74) is 10.6. The minimum atomic E-state index is -0.470. The second kappa shape index (κ2) is 2.88. The van der Waals surface area contributed by atoms with Crippen molar-refractivity contribution in [1.29, 1.82) is 0 Å². The van der Waals surface area contributed by atoms with Crippen molar-refractivity contribution in [3.8, 4) is 0 Å². The summed E-state index contributed by atoms with van der Waals surface area (Å²) < 4.78 is 0. The average Bonchev–Trinajstić information content (AvgIpc) is 2.15. The molecule has 1 saturated carbocycles. The van der Waals surface area contributed by atoms with E-state index in [0.29, 0.717) is 0 Å². The average molecular weight is 143 g/mol. The second-order valence-electron chi connectivity index (χ2n) is 2.71. The van der Waals surface area contributed by atoms with Gasteiger partial charge in [-0.2, -0.15) is 0 Å². The van der Waals surface area contributed by atoms with E-state index >= 15 is 0 Å². The van der Waals surface area contributed by atoms with Crippen LogP contribution in [0.5, 0.6) is 0 Å². The minimum Gasteiger partial charge on any atom is -0.352 e. The highest BCUT2D eigenvalue weighted by atomic mass is 16.2. The SMILES string of the molecule is NC(=O)NC1CCCC1N. The maximum Gasteiger partial charge on any atom is 0.312 e. The van der Waals surface area contributed by atoms with Crippen LogP contribution in [0, 0.1) is 0 Å². The van der Waals surface area contributed by atoms with E-state index in [0.717, 1.165) is 19.3 Å². The number of carbonyl (C=O) groups excluding carboxylic acids is 1. The maximum atomic E-state index is 10.4. The van der Waals surface area contributed by atoms with Gasteiger partial charge in [0.25, 0.3) is 0 Å². The van der Waals surface area contributed by atoms with Crippen molar-refractivity contribution in [2.24, 2.45) is 11.5 Å². The van der Waals surface area contributed by atoms with Crippen molar-refractivity contribution in [3.63, 3.8) is 0 Å². The van der Waals surface area contributed by atoms with E-state index in [1.165, 1.54) is 0 Å². The fourth-order valence-electron chi connectivity index (χ4n) is 1.35. The Morgan fingerprint density at radius 1 is 1.50 bits per heavy atom. The Morgan fingerprint density at radius 3 is 2.60 bits per heavy atom. The van der Waals surface area contributed by atoms with E-state index < -0.39 is 6.03 Å². The number of hydrogen-bond acceptors (Lipinski definition) is 2. The summed E-state index contributed by atoms with van der Waals surface area (Å²) in [5, 5.41) is 2.61. The molecule has 4 nitrogen and oxygen atoms in total. The van der Waals surface area contributed by atoms with Crippen LogP contribution >= 0.6 is 0 Å². The number of carbonyl (C=O) groups is 1. The predicted octanol–water partition coefficient (Wildman–Crippen LogP) is -0.466. The van der Waals surface area contributed by atoms with Gasteiger partial charge < -0.3 is 16.8 Å². The smallest absolute Gasteiger partial charge is 0.312 e. The first-order valence-corrected chi connectivity index (χ1v) is 3.51. The number of amides is 2. The quantitative estimate of drug-likeness (QED) is 0.464. The topological polar surface area (TPSA) is 81.1 Å². The molecule has 0 aromatic rings. The van der Waals surface area contributed by atoms with Crippen LogP contribution in [0.15, 0.2) is 0 Å². The van der Waals surface area contributed by atoms with Gasteiger partial charge in [-0.3, -0.25) is 0 Å². The maximum absolute atomic E-state index is 10.4. The highest BCUT2D eigenvalue weighted by Crippen LogP contribution is 2.16. The van der Waals surface area contributed by atoms with Gasteiger partial charge in [-0.15, -0.1) is 0 Å². The van der Waals surface area contributed by atoms with Crippen LogP contribution in [-0.2, 0) is 0 Å². The van der Waals surface area contributed by atoms with Crippen LogP contribution in [0.25, 0.3) is 0 Å². The van der Waals surface area contributed by atoms with Crippen molar-refractivity contribution < 1.29 is 4.79 Å².